The van der Waals surface area contributed by atoms with Crippen LogP contribution in [0.2, 0.25) is 0 Å². The van der Waals surface area contributed by atoms with Crippen molar-refractivity contribution >= 4 is 16.0 Å². The van der Waals surface area contributed by atoms with E-state index in [0.717, 1.165) is 6.07 Å². The van der Waals surface area contributed by atoms with Crippen LogP contribution >= 0.6 is 0 Å². The molecule has 0 fully saturated rings. The number of benzene rings is 1. The second-order valence-electron chi connectivity index (χ2n) is 3.45. The first kappa shape index (κ1) is 11.6. The number of hydrogen-bond donors (Lipinski definition) is 2. The predicted molar refractivity (Wildman–Crippen MR) is 60.5 cm³/mol. The van der Waals surface area contributed by atoms with E-state index in [1.807, 2.05) is 0 Å². The van der Waals surface area contributed by atoms with Gasteiger partial charge in [0.2, 0.25) is 5.95 Å². The fourth-order valence-corrected chi connectivity index (χ4v) is 2.24. The van der Waals surface area contributed by atoms with Crippen molar-refractivity contribution < 1.29 is 12.8 Å². The molecule has 2 rings (SSSR count). The van der Waals surface area contributed by atoms with Crippen LogP contribution in [0.4, 0.5) is 10.3 Å². The third kappa shape index (κ3) is 2.44. The zero-order chi connectivity index (χ0) is 12.5. The van der Waals surface area contributed by atoms with Crippen LogP contribution in [0.5, 0.6) is 0 Å². The summed E-state index contributed by atoms with van der Waals surface area (Å²) < 4.78 is 39.1. The number of halogens is 1. The van der Waals surface area contributed by atoms with Gasteiger partial charge in [0, 0.05) is 12.4 Å². The predicted octanol–water partition coefficient (Wildman–Crippen LogP) is 1.66. The lowest BCUT2D eigenvalue weighted by atomic mass is 10.2. The number of aryl methyl sites for hydroxylation is 1. The van der Waals surface area contributed by atoms with Crippen molar-refractivity contribution in [1.29, 1.82) is 0 Å². The molecule has 0 saturated carbocycles. The molecule has 17 heavy (non-hydrogen) atoms. The topological polar surface area (TPSA) is 74.8 Å². The normalized spacial score (nSPS) is 11.4. The van der Waals surface area contributed by atoms with Gasteiger partial charge in [-0.3, -0.25) is 0 Å². The molecule has 1 aromatic heterocycles. The van der Waals surface area contributed by atoms with Crippen LogP contribution in [0.1, 0.15) is 5.56 Å². The Balaban J connectivity index is 2.35. The van der Waals surface area contributed by atoms with E-state index < -0.39 is 15.8 Å². The van der Waals surface area contributed by atoms with Crippen LogP contribution in [-0.2, 0) is 10.0 Å². The molecule has 7 heteroatoms. The Morgan fingerprint density at radius 2 is 2.18 bits per heavy atom. The van der Waals surface area contributed by atoms with E-state index in [1.54, 1.807) is 6.92 Å². The Morgan fingerprint density at radius 3 is 2.76 bits per heavy atom. The number of anilines is 1. The van der Waals surface area contributed by atoms with E-state index in [1.165, 1.54) is 24.5 Å². The first-order chi connectivity index (χ1) is 7.99. The molecule has 2 aromatic rings. The quantitative estimate of drug-likeness (QED) is 0.875. The van der Waals surface area contributed by atoms with Gasteiger partial charge in [0.1, 0.15) is 5.82 Å². The summed E-state index contributed by atoms with van der Waals surface area (Å²) in [5, 5.41) is 0. The molecule has 1 aromatic carbocycles. The fraction of sp³-hybridized carbons (Fsp3) is 0.100. The van der Waals surface area contributed by atoms with Crippen molar-refractivity contribution in [3.05, 3.63) is 42.0 Å². The first-order valence-electron chi connectivity index (χ1n) is 4.77. The van der Waals surface area contributed by atoms with Crippen molar-refractivity contribution in [2.45, 2.75) is 11.8 Å². The highest BCUT2D eigenvalue weighted by Crippen LogP contribution is 2.16. The molecule has 0 unspecified atom stereocenters. The molecule has 90 valence electrons. The molecular formula is C10H10FN3O2S. The molecule has 0 spiro atoms. The summed E-state index contributed by atoms with van der Waals surface area (Å²) in [6.07, 6.45) is 2.89. The monoisotopic (exact) mass is 255 g/mol. The Kier molecular flexibility index (Phi) is 2.84. The van der Waals surface area contributed by atoms with Gasteiger partial charge in [-0.05, 0) is 24.6 Å². The van der Waals surface area contributed by atoms with Crippen LogP contribution in [-0.4, -0.2) is 18.4 Å². The smallest absolute Gasteiger partial charge is 0.264 e. The minimum absolute atomic E-state index is 0.0889. The van der Waals surface area contributed by atoms with Gasteiger partial charge >= 0.3 is 0 Å². The number of hydrogen-bond acceptors (Lipinski definition) is 3. The molecule has 0 amide bonds. The lowest BCUT2D eigenvalue weighted by Gasteiger charge is -2.06. The zero-order valence-corrected chi connectivity index (χ0v) is 9.75. The van der Waals surface area contributed by atoms with Crippen molar-refractivity contribution in [2.24, 2.45) is 0 Å². The molecular weight excluding hydrogens is 245 g/mol. The largest absolute Gasteiger partial charge is 0.330 e. The number of H-pyrrole nitrogens is 1. The highest BCUT2D eigenvalue weighted by Gasteiger charge is 2.16. The van der Waals surface area contributed by atoms with Crippen molar-refractivity contribution in [3.8, 4) is 0 Å². The van der Waals surface area contributed by atoms with Gasteiger partial charge in [0.05, 0.1) is 4.90 Å². The fourth-order valence-electron chi connectivity index (χ4n) is 1.25. The molecule has 5 nitrogen and oxygen atoms in total. The number of imidazole rings is 1. The number of nitrogens with one attached hydrogen (secondary N) is 2. The number of sulfonamides is 1. The average Bonchev–Trinajstić information content (AvgIpc) is 2.73. The molecule has 2 N–H and O–H groups in total. The summed E-state index contributed by atoms with van der Waals surface area (Å²) >= 11 is 0. The zero-order valence-electron chi connectivity index (χ0n) is 8.94. The summed E-state index contributed by atoms with van der Waals surface area (Å²) in [5.41, 5.74) is 0.391. The lowest BCUT2D eigenvalue weighted by Crippen LogP contribution is -2.14. The molecule has 0 saturated heterocycles. The van der Waals surface area contributed by atoms with Gasteiger partial charge in [-0.15, -0.1) is 0 Å². The van der Waals surface area contributed by atoms with Crippen LogP contribution in [0.15, 0.2) is 35.5 Å². The van der Waals surface area contributed by atoms with Gasteiger partial charge in [-0.25, -0.2) is 22.5 Å². The second kappa shape index (κ2) is 4.17. The van der Waals surface area contributed by atoms with Crippen molar-refractivity contribution in [1.82, 2.24) is 9.97 Å². The number of nitrogens with zero attached hydrogens (tertiary/aromatic N) is 1. The number of aromatic amines is 1. The highest BCUT2D eigenvalue weighted by atomic mass is 32.2. The van der Waals surface area contributed by atoms with Gasteiger partial charge in [-0.2, -0.15) is 0 Å². The van der Waals surface area contributed by atoms with E-state index in [-0.39, 0.29) is 10.8 Å². The molecule has 0 aliphatic rings. The maximum absolute atomic E-state index is 13.3. The molecule has 0 aliphatic carbocycles. The molecule has 1 heterocycles. The van der Waals surface area contributed by atoms with Crippen LogP contribution < -0.4 is 4.72 Å². The molecule has 0 bridgehead atoms. The van der Waals surface area contributed by atoms with Crippen LogP contribution in [0.25, 0.3) is 0 Å². The number of aromatic nitrogens is 2. The Labute approximate surface area is 97.8 Å². The van der Waals surface area contributed by atoms with E-state index in [9.17, 15) is 12.8 Å². The van der Waals surface area contributed by atoms with Crippen molar-refractivity contribution in [2.75, 3.05) is 4.72 Å². The molecule has 0 atom stereocenters. The van der Waals surface area contributed by atoms with Gasteiger partial charge in [-0.1, -0.05) is 6.07 Å². The number of rotatable bonds is 3. The van der Waals surface area contributed by atoms with Crippen LogP contribution in [0.3, 0.4) is 0 Å². The molecule has 0 radical (unpaired) electrons. The van der Waals surface area contributed by atoms with Gasteiger partial charge in [0.15, 0.2) is 0 Å². The minimum atomic E-state index is -3.81. The summed E-state index contributed by atoms with van der Waals surface area (Å²) in [6, 6.07) is 3.72. The summed E-state index contributed by atoms with van der Waals surface area (Å²) in [5.74, 6) is -0.474. The van der Waals surface area contributed by atoms with E-state index >= 15 is 0 Å². The van der Waals surface area contributed by atoms with E-state index in [0.29, 0.717) is 5.56 Å². The Hall–Kier alpha value is -1.89. The SMILES string of the molecule is Cc1ccc(S(=O)(=O)Nc2ncc[nH]2)cc1F. The summed E-state index contributed by atoms with van der Waals surface area (Å²) in [7, 11) is -3.81. The maximum Gasteiger partial charge on any atom is 0.264 e. The van der Waals surface area contributed by atoms with E-state index in [2.05, 4.69) is 14.7 Å². The van der Waals surface area contributed by atoms with Gasteiger partial charge in [0.25, 0.3) is 10.0 Å². The van der Waals surface area contributed by atoms with E-state index in [4.69, 9.17) is 0 Å². The second-order valence-corrected chi connectivity index (χ2v) is 5.14. The Bertz CT molecular complexity index is 623. The van der Waals surface area contributed by atoms with Gasteiger partial charge < -0.3 is 4.98 Å². The van der Waals surface area contributed by atoms with Crippen molar-refractivity contribution in [3.63, 3.8) is 0 Å². The summed E-state index contributed by atoms with van der Waals surface area (Å²) in [6.45, 7) is 1.56. The highest BCUT2D eigenvalue weighted by molar-refractivity contribution is 7.92. The third-order valence-electron chi connectivity index (χ3n) is 2.18. The molecule has 0 aliphatic heterocycles. The Morgan fingerprint density at radius 1 is 1.41 bits per heavy atom. The van der Waals surface area contributed by atoms with Crippen LogP contribution in [0, 0.1) is 12.7 Å². The third-order valence-corrected chi connectivity index (χ3v) is 3.52. The average molecular weight is 255 g/mol. The lowest BCUT2D eigenvalue weighted by molar-refractivity contribution is 0.593. The maximum atomic E-state index is 13.3. The first-order valence-corrected chi connectivity index (χ1v) is 6.26. The standard InChI is InChI=1S/C10H10FN3O2S/c1-7-2-3-8(6-9(7)11)17(15,16)14-10-12-4-5-13-10/h2-6H,1H3,(H2,12,13,14). The summed E-state index contributed by atoms with van der Waals surface area (Å²) in [4.78, 5) is 6.18. The minimum Gasteiger partial charge on any atom is -0.330 e.